The average molecular weight is 612 g/mol. The Morgan fingerprint density at radius 1 is 0.886 bits per heavy atom. The number of aromatic amines is 1. The summed E-state index contributed by atoms with van der Waals surface area (Å²) < 4.78 is 5.48. The number of fused-ring (bicyclic) bond motifs is 3. The average Bonchev–Trinajstić information content (AvgIpc) is 3.28. The molecule has 230 valence electrons. The van der Waals surface area contributed by atoms with Crippen molar-refractivity contribution in [3.8, 4) is 17.1 Å². The van der Waals surface area contributed by atoms with Crippen LogP contribution >= 0.6 is 0 Å². The second-order valence-corrected chi connectivity index (χ2v) is 9.82. The van der Waals surface area contributed by atoms with Gasteiger partial charge in [0.25, 0.3) is 5.91 Å². The van der Waals surface area contributed by atoms with Crippen molar-refractivity contribution in [1.82, 2.24) is 14.9 Å². The fourth-order valence-corrected chi connectivity index (χ4v) is 5.05. The number of carbonyl (C=O) groups is 5. The summed E-state index contributed by atoms with van der Waals surface area (Å²) in [6.45, 7) is -0.113. The number of carbonyl (C=O) groups excluding carboxylic acids is 2. The summed E-state index contributed by atoms with van der Waals surface area (Å²) in [6.07, 6.45) is -3.85. The third-order valence-electron chi connectivity index (χ3n) is 7.11. The number of benzene rings is 2. The third-order valence-corrected chi connectivity index (χ3v) is 7.11. The van der Waals surface area contributed by atoms with E-state index >= 15 is 0 Å². The standard InChI is InChI=1S/C28H26N4O12/c33-21(32-26(41)30-25(40)31(28(32)43)20(24(38)39)10-12-22(34)35)11-9-19(23(36)37)29-27(42)44-13-18-16-7-3-1-5-14(16)15-6-2-4-8-17(15)18/h1-8,18-20H,9-13H2,(H5,29,30,34,35,36,37,38,39,40,41,42)/p+1/t19?,20-/m0/s1. The number of carboxylic acids is 3. The summed E-state index contributed by atoms with van der Waals surface area (Å²) in [5, 5.41) is 40.6. The Kier molecular flexibility index (Phi) is 9.21. The molecule has 0 aliphatic heterocycles. The van der Waals surface area contributed by atoms with E-state index in [9.17, 15) is 48.9 Å². The van der Waals surface area contributed by atoms with Crippen molar-refractivity contribution in [3.63, 3.8) is 0 Å². The van der Waals surface area contributed by atoms with E-state index < -0.39 is 85.1 Å². The van der Waals surface area contributed by atoms with Crippen LogP contribution in [0.2, 0.25) is 0 Å². The van der Waals surface area contributed by atoms with E-state index in [-0.39, 0.29) is 21.7 Å². The van der Waals surface area contributed by atoms with Gasteiger partial charge in [-0.05, 0) is 28.7 Å². The molecule has 1 amide bonds. The minimum Gasteiger partial charge on any atom is -0.481 e. The van der Waals surface area contributed by atoms with Crippen LogP contribution in [0.4, 0.5) is 4.79 Å². The molecule has 0 saturated heterocycles. The predicted molar refractivity (Wildman–Crippen MR) is 146 cm³/mol. The predicted octanol–water partition coefficient (Wildman–Crippen LogP) is 0.432. The highest BCUT2D eigenvalue weighted by Crippen LogP contribution is 2.44. The topological polar surface area (TPSA) is 246 Å². The van der Waals surface area contributed by atoms with Crippen LogP contribution in [0, 0.1) is 0 Å². The summed E-state index contributed by atoms with van der Waals surface area (Å²) in [6, 6.07) is 10.1. The zero-order chi connectivity index (χ0) is 32.1. The molecule has 6 N–H and O–H groups in total. The highest BCUT2D eigenvalue weighted by Gasteiger charge is 2.35. The van der Waals surface area contributed by atoms with Crippen molar-refractivity contribution in [2.75, 3.05) is 6.61 Å². The first-order valence-electron chi connectivity index (χ1n) is 13.2. The highest BCUT2D eigenvalue weighted by molar-refractivity contribution is 5.83. The summed E-state index contributed by atoms with van der Waals surface area (Å²) in [4.78, 5) is 86.1. The molecule has 2 aromatic carbocycles. The lowest BCUT2D eigenvalue weighted by Gasteiger charge is -2.17. The number of aromatic hydroxyl groups is 1. The summed E-state index contributed by atoms with van der Waals surface area (Å²) in [5.74, 6) is -6.22. The van der Waals surface area contributed by atoms with Gasteiger partial charge < -0.3 is 30.5 Å². The molecule has 1 unspecified atom stereocenters. The van der Waals surface area contributed by atoms with Gasteiger partial charge in [0.1, 0.15) is 12.6 Å². The number of nitrogens with zero attached hydrogens (tertiary/aromatic N) is 2. The van der Waals surface area contributed by atoms with Gasteiger partial charge in [-0.15, -0.1) is 4.57 Å². The summed E-state index contributed by atoms with van der Waals surface area (Å²) >= 11 is 0. The number of alkyl carbamates (subject to hydrolysis) is 1. The van der Waals surface area contributed by atoms with Crippen LogP contribution in [0.5, 0.6) is 6.01 Å². The number of carboxylic acid groups (broad SMARTS) is 3. The molecule has 0 bridgehead atoms. The zero-order valence-electron chi connectivity index (χ0n) is 22.8. The van der Waals surface area contributed by atoms with Crippen molar-refractivity contribution in [2.45, 2.75) is 43.7 Å². The van der Waals surface area contributed by atoms with Crippen LogP contribution in [-0.4, -0.2) is 72.5 Å². The quantitative estimate of drug-likeness (QED) is 0.153. The first-order valence-corrected chi connectivity index (χ1v) is 13.2. The van der Waals surface area contributed by atoms with Crippen molar-refractivity contribution in [2.24, 2.45) is 0 Å². The lowest BCUT2D eigenvalue weighted by molar-refractivity contribution is -0.736. The van der Waals surface area contributed by atoms with E-state index in [1.54, 1.807) is 4.98 Å². The number of hydrogen-bond acceptors (Lipinski definition) is 9. The molecule has 16 nitrogen and oxygen atoms in total. The van der Waals surface area contributed by atoms with Crippen molar-refractivity contribution in [3.05, 3.63) is 80.6 Å². The lowest BCUT2D eigenvalue weighted by Crippen LogP contribution is -2.61. The molecule has 0 radical (unpaired) electrons. The molecular weight excluding hydrogens is 584 g/mol. The molecule has 4 rings (SSSR count). The number of aliphatic carboxylic acids is 3. The molecule has 1 aliphatic carbocycles. The third kappa shape index (κ3) is 6.48. The SMILES string of the molecule is O=C(O)CC[C@@H](C(=O)O)[n+]1c(O)n(C(=O)CCC(NC(=O)OCC2c3ccccc3-c3ccccc32)C(=O)O)c(=O)[nH]c1=O. The Hall–Kier alpha value is -5.80. The van der Waals surface area contributed by atoms with Gasteiger partial charge in [0.05, 0.1) is 0 Å². The fraction of sp³-hybridized carbons (Fsp3) is 0.286. The van der Waals surface area contributed by atoms with E-state index in [1.165, 1.54) is 0 Å². The number of H-pyrrole nitrogens is 1. The Labute approximate surface area is 246 Å². The van der Waals surface area contributed by atoms with Gasteiger partial charge in [-0.3, -0.25) is 9.59 Å². The van der Waals surface area contributed by atoms with Gasteiger partial charge in [-0.1, -0.05) is 53.1 Å². The Morgan fingerprint density at radius 3 is 2.02 bits per heavy atom. The molecule has 44 heavy (non-hydrogen) atoms. The molecule has 16 heteroatoms. The number of hydrogen-bond donors (Lipinski definition) is 6. The summed E-state index contributed by atoms with van der Waals surface area (Å²) in [7, 11) is 0. The number of rotatable bonds is 12. The monoisotopic (exact) mass is 611 g/mol. The first-order chi connectivity index (χ1) is 20.9. The molecule has 2 atom stereocenters. The van der Waals surface area contributed by atoms with Crippen LogP contribution in [0.1, 0.15) is 53.6 Å². The number of nitrogens with one attached hydrogen (secondary N) is 2. The Balaban J connectivity index is 1.44. The number of aromatic nitrogens is 3. The molecular formula is C28H27N4O12+. The Morgan fingerprint density at radius 2 is 1.48 bits per heavy atom. The largest absolute Gasteiger partial charge is 0.481 e. The minimum absolute atomic E-state index is 0.0182. The van der Waals surface area contributed by atoms with Crippen molar-refractivity contribution < 1.29 is 53.7 Å². The van der Waals surface area contributed by atoms with Gasteiger partial charge in [0, 0.05) is 25.2 Å². The van der Waals surface area contributed by atoms with E-state index in [4.69, 9.17) is 9.84 Å². The minimum atomic E-state index is -1.96. The molecule has 1 aromatic heterocycles. The summed E-state index contributed by atoms with van der Waals surface area (Å²) in [5.41, 5.74) is 0.953. The van der Waals surface area contributed by atoms with Gasteiger partial charge >= 0.3 is 41.4 Å². The number of ether oxygens (including phenoxy) is 1. The molecule has 0 fully saturated rings. The maximum Gasteiger partial charge on any atom is 0.456 e. The van der Waals surface area contributed by atoms with E-state index in [0.29, 0.717) is 0 Å². The molecule has 3 aromatic rings. The van der Waals surface area contributed by atoms with E-state index in [1.807, 2.05) is 48.5 Å². The van der Waals surface area contributed by atoms with Crippen LogP contribution in [0.15, 0.2) is 58.1 Å². The normalized spacial score (nSPS) is 13.3. The van der Waals surface area contributed by atoms with E-state index in [0.717, 1.165) is 22.3 Å². The second-order valence-electron chi connectivity index (χ2n) is 9.82. The highest BCUT2D eigenvalue weighted by atomic mass is 16.5. The zero-order valence-corrected chi connectivity index (χ0v) is 22.8. The van der Waals surface area contributed by atoms with Crippen molar-refractivity contribution in [1.29, 1.82) is 0 Å². The van der Waals surface area contributed by atoms with Gasteiger partial charge in [0.2, 0.25) is 0 Å². The smallest absolute Gasteiger partial charge is 0.456 e. The molecule has 1 heterocycles. The van der Waals surface area contributed by atoms with Crippen LogP contribution in [0.3, 0.4) is 0 Å². The maximum atomic E-state index is 12.8. The van der Waals surface area contributed by atoms with Crippen LogP contribution < -0.4 is 21.3 Å². The Bertz CT molecular complexity index is 1720. The van der Waals surface area contributed by atoms with Gasteiger partial charge in [-0.2, -0.15) is 4.98 Å². The van der Waals surface area contributed by atoms with E-state index in [2.05, 4.69) is 5.32 Å². The lowest BCUT2D eigenvalue weighted by atomic mass is 9.98. The number of amides is 1. The van der Waals surface area contributed by atoms with Gasteiger partial charge in [0.15, 0.2) is 6.04 Å². The fourth-order valence-electron chi connectivity index (χ4n) is 5.05. The second kappa shape index (κ2) is 13.0. The van der Waals surface area contributed by atoms with Crippen LogP contribution in [0.25, 0.3) is 11.1 Å². The van der Waals surface area contributed by atoms with Crippen LogP contribution in [-0.2, 0) is 19.1 Å². The van der Waals surface area contributed by atoms with Gasteiger partial charge in [-0.25, -0.2) is 24.0 Å². The maximum absolute atomic E-state index is 12.8. The molecule has 0 saturated carbocycles. The molecule has 1 aliphatic rings. The molecule has 0 spiro atoms. The first kappa shape index (κ1) is 31.1. The van der Waals surface area contributed by atoms with Crippen molar-refractivity contribution >= 4 is 29.9 Å².